The van der Waals surface area contributed by atoms with Gasteiger partial charge in [0.2, 0.25) is 0 Å². The SMILES string of the molecule is CCC(CC#N)NC(=O)Nc1cccc2ccccc12. The highest BCUT2D eigenvalue weighted by molar-refractivity contribution is 6.01. The summed E-state index contributed by atoms with van der Waals surface area (Å²) in [5, 5.41) is 16.4. The molecule has 0 aliphatic rings. The van der Waals surface area contributed by atoms with Crippen molar-refractivity contribution in [3.63, 3.8) is 0 Å². The number of hydrogen-bond donors (Lipinski definition) is 2. The van der Waals surface area contributed by atoms with Crippen LogP contribution >= 0.6 is 0 Å². The van der Waals surface area contributed by atoms with Crippen LogP contribution in [0.5, 0.6) is 0 Å². The second-order valence-electron chi connectivity index (χ2n) is 4.59. The van der Waals surface area contributed by atoms with Crippen LogP contribution in [-0.4, -0.2) is 12.1 Å². The number of urea groups is 1. The summed E-state index contributed by atoms with van der Waals surface area (Å²) < 4.78 is 0. The van der Waals surface area contributed by atoms with Crippen molar-refractivity contribution < 1.29 is 4.79 Å². The molecule has 0 spiro atoms. The highest BCUT2D eigenvalue weighted by atomic mass is 16.2. The van der Waals surface area contributed by atoms with Gasteiger partial charge in [0.1, 0.15) is 0 Å². The molecule has 1 atom stereocenters. The summed E-state index contributed by atoms with van der Waals surface area (Å²) in [5.41, 5.74) is 0.771. The molecule has 2 aromatic carbocycles. The maximum atomic E-state index is 12.0. The Balaban J connectivity index is 2.12. The van der Waals surface area contributed by atoms with Gasteiger partial charge in [-0.1, -0.05) is 43.3 Å². The topological polar surface area (TPSA) is 64.9 Å². The number of amides is 2. The van der Waals surface area contributed by atoms with E-state index in [9.17, 15) is 4.79 Å². The van der Waals surface area contributed by atoms with E-state index >= 15 is 0 Å². The highest BCUT2D eigenvalue weighted by Gasteiger charge is 2.10. The van der Waals surface area contributed by atoms with Gasteiger partial charge in [-0.3, -0.25) is 0 Å². The molecule has 20 heavy (non-hydrogen) atoms. The lowest BCUT2D eigenvalue weighted by atomic mass is 10.1. The number of carbonyl (C=O) groups is 1. The second-order valence-corrected chi connectivity index (χ2v) is 4.59. The van der Waals surface area contributed by atoms with Crippen LogP contribution in [0.4, 0.5) is 10.5 Å². The zero-order chi connectivity index (χ0) is 14.4. The average molecular weight is 267 g/mol. The number of nitrogens with one attached hydrogen (secondary N) is 2. The molecule has 0 heterocycles. The van der Waals surface area contributed by atoms with Gasteiger partial charge in [0.15, 0.2) is 0 Å². The Morgan fingerprint density at radius 3 is 2.75 bits per heavy atom. The molecule has 0 aliphatic carbocycles. The Morgan fingerprint density at radius 2 is 2.00 bits per heavy atom. The number of nitriles is 1. The van der Waals surface area contributed by atoms with Crippen molar-refractivity contribution in [1.29, 1.82) is 5.26 Å². The summed E-state index contributed by atoms with van der Waals surface area (Å²) in [4.78, 5) is 12.0. The van der Waals surface area contributed by atoms with E-state index in [1.54, 1.807) is 0 Å². The van der Waals surface area contributed by atoms with Gasteiger partial charge in [-0.25, -0.2) is 4.79 Å². The third-order valence-electron chi connectivity index (χ3n) is 3.20. The summed E-state index contributed by atoms with van der Waals surface area (Å²) >= 11 is 0. The Morgan fingerprint density at radius 1 is 1.25 bits per heavy atom. The Labute approximate surface area is 118 Å². The van der Waals surface area contributed by atoms with E-state index < -0.39 is 0 Å². The third-order valence-corrected chi connectivity index (χ3v) is 3.20. The molecule has 0 fully saturated rings. The van der Waals surface area contributed by atoms with E-state index in [0.717, 1.165) is 22.9 Å². The molecule has 0 saturated carbocycles. The van der Waals surface area contributed by atoms with E-state index in [-0.39, 0.29) is 12.1 Å². The molecule has 0 radical (unpaired) electrons. The minimum Gasteiger partial charge on any atom is -0.334 e. The molecular formula is C16H17N3O. The number of hydrogen-bond acceptors (Lipinski definition) is 2. The van der Waals surface area contributed by atoms with Gasteiger partial charge < -0.3 is 10.6 Å². The van der Waals surface area contributed by atoms with E-state index in [2.05, 4.69) is 16.7 Å². The molecule has 0 aromatic heterocycles. The maximum absolute atomic E-state index is 12.0. The molecular weight excluding hydrogens is 250 g/mol. The van der Waals surface area contributed by atoms with E-state index in [1.165, 1.54) is 0 Å². The first-order valence-corrected chi connectivity index (χ1v) is 6.66. The lowest BCUT2D eigenvalue weighted by Crippen LogP contribution is -2.37. The largest absolute Gasteiger partial charge is 0.334 e. The van der Waals surface area contributed by atoms with Crippen molar-refractivity contribution >= 4 is 22.5 Å². The van der Waals surface area contributed by atoms with E-state index in [0.29, 0.717) is 6.42 Å². The summed E-state index contributed by atoms with van der Waals surface area (Å²) in [6.07, 6.45) is 1.05. The van der Waals surface area contributed by atoms with Gasteiger partial charge in [-0.05, 0) is 17.9 Å². The van der Waals surface area contributed by atoms with Gasteiger partial charge in [-0.2, -0.15) is 5.26 Å². The predicted molar refractivity (Wildman–Crippen MR) is 80.4 cm³/mol. The fourth-order valence-corrected chi connectivity index (χ4v) is 2.09. The molecule has 0 aliphatic heterocycles. The molecule has 0 saturated heterocycles. The molecule has 2 amide bonds. The lowest BCUT2D eigenvalue weighted by molar-refractivity contribution is 0.248. The first-order valence-electron chi connectivity index (χ1n) is 6.66. The average Bonchev–Trinajstić information content (AvgIpc) is 2.47. The van der Waals surface area contributed by atoms with Crippen molar-refractivity contribution in [2.45, 2.75) is 25.8 Å². The van der Waals surface area contributed by atoms with Gasteiger partial charge in [0.05, 0.1) is 18.2 Å². The molecule has 4 heteroatoms. The number of benzene rings is 2. The first kappa shape index (κ1) is 13.9. The quantitative estimate of drug-likeness (QED) is 0.888. The third kappa shape index (κ3) is 3.27. The second kappa shape index (κ2) is 6.58. The van der Waals surface area contributed by atoms with Gasteiger partial charge in [-0.15, -0.1) is 0 Å². The Kier molecular flexibility index (Phi) is 4.56. The Hall–Kier alpha value is -2.54. The number of carbonyl (C=O) groups excluding carboxylic acids is 1. The molecule has 2 rings (SSSR count). The fourth-order valence-electron chi connectivity index (χ4n) is 2.09. The number of nitrogens with zero attached hydrogens (tertiary/aromatic N) is 1. The maximum Gasteiger partial charge on any atom is 0.319 e. The highest BCUT2D eigenvalue weighted by Crippen LogP contribution is 2.22. The molecule has 2 aromatic rings. The standard InChI is InChI=1S/C16H17N3O/c1-2-13(10-11-17)18-16(20)19-15-9-5-7-12-6-3-4-8-14(12)15/h3-9,13H,2,10H2,1H3,(H2,18,19,20). The van der Waals surface area contributed by atoms with Crippen LogP contribution in [0.1, 0.15) is 19.8 Å². The smallest absolute Gasteiger partial charge is 0.319 e. The van der Waals surface area contributed by atoms with Crippen molar-refractivity contribution in [2.24, 2.45) is 0 Å². The van der Waals surface area contributed by atoms with Crippen molar-refractivity contribution in [3.8, 4) is 6.07 Å². The van der Waals surface area contributed by atoms with Crippen LogP contribution in [0.2, 0.25) is 0 Å². The number of fused-ring (bicyclic) bond motifs is 1. The normalized spacial score (nSPS) is 11.6. The fraction of sp³-hybridized carbons (Fsp3) is 0.250. The molecule has 102 valence electrons. The lowest BCUT2D eigenvalue weighted by Gasteiger charge is -2.15. The molecule has 2 N–H and O–H groups in total. The van der Waals surface area contributed by atoms with Crippen LogP contribution in [0.25, 0.3) is 10.8 Å². The predicted octanol–water partition coefficient (Wildman–Crippen LogP) is 3.65. The monoisotopic (exact) mass is 267 g/mol. The van der Waals surface area contributed by atoms with Gasteiger partial charge in [0, 0.05) is 11.4 Å². The van der Waals surface area contributed by atoms with Crippen LogP contribution in [0, 0.1) is 11.3 Å². The molecule has 0 bridgehead atoms. The van der Waals surface area contributed by atoms with Crippen molar-refractivity contribution in [1.82, 2.24) is 5.32 Å². The summed E-state index contributed by atoms with van der Waals surface area (Å²) in [6, 6.07) is 15.3. The summed E-state index contributed by atoms with van der Waals surface area (Å²) in [5.74, 6) is 0. The molecule has 1 unspecified atom stereocenters. The van der Waals surface area contributed by atoms with Crippen molar-refractivity contribution in [2.75, 3.05) is 5.32 Å². The number of anilines is 1. The van der Waals surface area contributed by atoms with E-state index in [4.69, 9.17) is 5.26 Å². The minimum atomic E-state index is -0.275. The molecule has 4 nitrogen and oxygen atoms in total. The zero-order valence-corrected chi connectivity index (χ0v) is 11.4. The van der Waals surface area contributed by atoms with Crippen LogP contribution in [0.3, 0.4) is 0 Å². The summed E-state index contributed by atoms with van der Waals surface area (Å²) in [6.45, 7) is 1.94. The number of rotatable bonds is 4. The first-order chi connectivity index (χ1) is 9.74. The van der Waals surface area contributed by atoms with Crippen LogP contribution in [0.15, 0.2) is 42.5 Å². The minimum absolute atomic E-state index is 0.116. The van der Waals surface area contributed by atoms with E-state index in [1.807, 2.05) is 49.4 Å². The van der Waals surface area contributed by atoms with Gasteiger partial charge >= 0.3 is 6.03 Å². The Bertz CT molecular complexity index is 640. The zero-order valence-electron chi connectivity index (χ0n) is 11.4. The van der Waals surface area contributed by atoms with Crippen LogP contribution < -0.4 is 10.6 Å². The van der Waals surface area contributed by atoms with Crippen LogP contribution in [-0.2, 0) is 0 Å². The van der Waals surface area contributed by atoms with Crippen molar-refractivity contribution in [3.05, 3.63) is 42.5 Å². The summed E-state index contributed by atoms with van der Waals surface area (Å²) in [7, 11) is 0. The van der Waals surface area contributed by atoms with Gasteiger partial charge in [0.25, 0.3) is 0 Å².